The van der Waals surface area contributed by atoms with E-state index in [0.717, 1.165) is 11.4 Å². The molecule has 208 valence electrons. The number of imidazole rings is 1. The Hall–Kier alpha value is -5.06. The van der Waals surface area contributed by atoms with Crippen molar-refractivity contribution in [2.75, 3.05) is 21.0 Å². The fourth-order valence-electron chi connectivity index (χ4n) is 4.41. The summed E-state index contributed by atoms with van der Waals surface area (Å²) in [5.74, 6) is -1.12. The van der Waals surface area contributed by atoms with E-state index in [1.807, 2.05) is 30.5 Å². The van der Waals surface area contributed by atoms with Crippen molar-refractivity contribution in [1.29, 1.82) is 0 Å². The van der Waals surface area contributed by atoms with Gasteiger partial charge in [0.15, 0.2) is 11.5 Å². The van der Waals surface area contributed by atoms with Gasteiger partial charge in [-0.15, -0.1) is 0 Å². The van der Waals surface area contributed by atoms with Crippen LogP contribution in [-0.4, -0.2) is 58.1 Å². The minimum atomic E-state index is -1.11. The lowest BCUT2D eigenvalue weighted by atomic mass is 10.1. The van der Waals surface area contributed by atoms with Gasteiger partial charge < -0.3 is 33.2 Å². The van der Waals surface area contributed by atoms with Crippen molar-refractivity contribution in [1.82, 2.24) is 14.1 Å². The Bertz CT molecular complexity index is 1560. The van der Waals surface area contributed by atoms with Crippen LogP contribution in [0.15, 0.2) is 54.9 Å². The SMILES string of the molecule is COc1cc(C(=O)OCOC(=O)Cc2ccc(C(=O)O)c(-n3ccnc3C)c2)c(-n2c(C)ccc2C)cc1OC. The quantitative estimate of drug-likeness (QED) is 0.229. The van der Waals surface area contributed by atoms with Gasteiger partial charge in [0.1, 0.15) is 5.82 Å². The molecule has 0 aliphatic carbocycles. The topological polar surface area (TPSA) is 131 Å². The summed E-state index contributed by atoms with van der Waals surface area (Å²) in [5, 5.41) is 9.57. The van der Waals surface area contributed by atoms with Gasteiger partial charge in [-0.25, -0.2) is 14.6 Å². The third-order valence-corrected chi connectivity index (χ3v) is 6.37. The molecule has 0 aliphatic heterocycles. The number of hydrogen-bond acceptors (Lipinski definition) is 8. The van der Waals surface area contributed by atoms with Gasteiger partial charge in [-0.1, -0.05) is 6.07 Å². The van der Waals surface area contributed by atoms with Crippen molar-refractivity contribution in [3.8, 4) is 22.9 Å². The molecule has 2 aromatic carbocycles. The average molecular weight is 548 g/mol. The lowest BCUT2D eigenvalue weighted by Crippen LogP contribution is -2.17. The van der Waals surface area contributed by atoms with Crippen LogP contribution in [0.3, 0.4) is 0 Å². The van der Waals surface area contributed by atoms with Gasteiger partial charge in [0.05, 0.1) is 43.1 Å². The second kappa shape index (κ2) is 11.8. The first-order valence-corrected chi connectivity index (χ1v) is 12.2. The summed E-state index contributed by atoms with van der Waals surface area (Å²) in [6.07, 6.45) is 3.03. The number of carbonyl (C=O) groups is 3. The number of aromatic carboxylic acids is 1. The molecule has 0 saturated heterocycles. The smallest absolute Gasteiger partial charge is 0.343 e. The highest BCUT2D eigenvalue weighted by Gasteiger charge is 2.22. The maximum atomic E-state index is 13.1. The first-order chi connectivity index (χ1) is 19.1. The van der Waals surface area contributed by atoms with Crippen molar-refractivity contribution < 1.29 is 38.4 Å². The van der Waals surface area contributed by atoms with E-state index in [9.17, 15) is 19.5 Å². The van der Waals surface area contributed by atoms with Crippen LogP contribution in [0.1, 0.15) is 43.5 Å². The maximum absolute atomic E-state index is 13.1. The minimum absolute atomic E-state index is 0.0611. The number of nitrogens with zero attached hydrogens (tertiary/aromatic N) is 3. The van der Waals surface area contributed by atoms with E-state index < -0.39 is 24.7 Å². The molecule has 2 heterocycles. The fraction of sp³-hybridized carbons (Fsp3) is 0.241. The van der Waals surface area contributed by atoms with Crippen LogP contribution >= 0.6 is 0 Å². The number of carboxylic acid groups (broad SMARTS) is 1. The predicted molar refractivity (Wildman–Crippen MR) is 144 cm³/mol. The number of ether oxygens (including phenoxy) is 4. The second-order valence-electron chi connectivity index (χ2n) is 8.92. The second-order valence-corrected chi connectivity index (χ2v) is 8.92. The molecule has 0 spiro atoms. The number of carbonyl (C=O) groups excluding carboxylic acids is 2. The third kappa shape index (κ3) is 5.68. The normalized spacial score (nSPS) is 10.7. The largest absolute Gasteiger partial charge is 0.493 e. The van der Waals surface area contributed by atoms with Crippen molar-refractivity contribution in [2.24, 2.45) is 0 Å². The summed E-state index contributed by atoms with van der Waals surface area (Å²) < 4.78 is 24.8. The molecule has 11 heteroatoms. The van der Waals surface area contributed by atoms with Crippen molar-refractivity contribution in [2.45, 2.75) is 27.2 Å². The van der Waals surface area contributed by atoms with Gasteiger partial charge in [0, 0.05) is 35.9 Å². The third-order valence-electron chi connectivity index (χ3n) is 6.37. The van der Waals surface area contributed by atoms with Gasteiger partial charge >= 0.3 is 17.9 Å². The van der Waals surface area contributed by atoms with E-state index in [-0.39, 0.29) is 17.5 Å². The molecule has 0 unspecified atom stereocenters. The number of methoxy groups -OCH3 is 2. The zero-order chi connectivity index (χ0) is 29.0. The monoisotopic (exact) mass is 547 g/mol. The van der Waals surface area contributed by atoms with Crippen LogP contribution < -0.4 is 9.47 Å². The highest BCUT2D eigenvalue weighted by molar-refractivity contribution is 5.95. The number of benzene rings is 2. The molecule has 0 amide bonds. The van der Waals surface area contributed by atoms with Crippen LogP contribution in [0.25, 0.3) is 11.4 Å². The molecule has 4 rings (SSSR count). The van der Waals surface area contributed by atoms with E-state index >= 15 is 0 Å². The van der Waals surface area contributed by atoms with Crippen LogP contribution in [0.2, 0.25) is 0 Å². The van der Waals surface area contributed by atoms with Gasteiger partial charge in [0.2, 0.25) is 6.79 Å². The van der Waals surface area contributed by atoms with Gasteiger partial charge in [0.25, 0.3) is 0 Å². The Labute approximate surface area is 230 Å². The highest BCUT2D eigenvalue weighted by Crippen LogP contribution is 2.34. The lowest BCUT2D eigenvalue weighted by molar-refractivity contribution is -0.151. The Morgan fingerprint density at radius 1 is 0.850 bits per heavy atom. The number of aryl methyl sites for hydroxylation is 3. The number of esters is 2. The molecule has 11 nitrogen and oxygen atoms in total. The zero-order valence-corrected chi connectivity index (χ0v) is 22.8. The Morgan fingerprint density at radius 3 is 2.12 bits per heavy atom. The van der Waals surface area contributed by atoms with Gasteiger partial charge in [-0.3, -0.25) is 4.79 Å². The Kier molecular flexibility index (Phi) is 8.23. The molecule has 0 bridgehead atoms. The summed E-state index contributed by atoms with van der Waals surface area (Å²) in [6.45, 7) is 4.94. The first kappa shape index (κ1) is 28.0. The summed E-state index contributed by atoms with van der Waals surface area (Å²) in [5.41, 5.74) is 3.45. The van der Waals surface area contributed by atoms with E-state index in [4.69, 9.17) is 18.9 Å². The number of carboxylic acids is 1. The first-order valence-electron chi connectivity index (χ1n) is 12.2. The summed E-state index contributed by atoms with van der Waals surface area (Å²) in [4.78, 5) is 41.5. The lowest BCUT2D eigenvalue weighted by Gasteiger charge is -2.17. The van der Waals surface area contributed by atoms with E-state index in [1.165, 1.54) is 32.4 Å². The predicted octanol–water partition coefficient (Wildman–Crippen LogP) is 4.20. The summed E-state index contributed by atoms with van der Waals surface area (Å²) >= 11 is 0. The van der Waals surface area contributed by atoms with Crippen LogP contribution in [0.4, 0.5) is 0 Å². The molecule has 2 aromatic heterocycles. The fourth-order valence-corrected chi connectivity index (χ4v) is 4.41. The molecule has 0 atom stereocenters. The Morgan fingerprint density at radius 2 is 1.52 bits per heavy atom. The number of hydrogen-bond donors (Lipinski definition) is 1. The molecule has 1 N–H and O–H groups in total. The molecular formula is C29H29N3O8. The number of aromatic nitrogens is 3. The van der Waals surface area contributed by atoms with E-state index in [1.54, 1.807) is 36.0 Å². The van der Waals surface area contributed by atoms with Crippen LogP contribution in [0, 0.1) is 20.8 Å². The highest BCUT2D eigenvalue weighted by atomic mass is 16.7. The van der Waals surface area contributed by atoms with E-state index in [0.29, 0.717) is 34.3 Å². The molecule has 0 aliphatic rings. The standard InChI is InChI=1S/C29H29N3O8/c1-17-6-7-18(2)32(17)24-15-26(38-5)25(37-4)14-22(24)29(36)40-16-39-27(33)13-20-8-9-21(28(34)35)23(12-20)31-11-10-30-19(31)3/h6-12,14-15H,13,16H2,1-5H3,(H,34,35). The summed E-state index contributed by atoms with van der Waals surface area (Å²) in [7, 11) is 2.96. The average Bonchev–Trinajstić information content (AvgIpc) is 3.51. The number of rotatable bonds is 10. The molecule has 4 aromatic rings. The zero-order valence-electron chi connectivity index (χ0n) is 22.8. The van der Waals surface area contributed by atoms with Crippen molar-refractivity contribution in [3.05, 3.63) is 88.8 Å². The van der Waals surface area contributed by atoms with Gasteiger partial charge in [-0.2, -0.15) is 0 Å². The molecule has 0 fully saturated rings. The van der Waals surface area contributed by atoms with Gasteiger partial charge in [-0.05, 0) is 50.6 Å². The molecular weight excluding hydrogens is 518 g/mol. The minimum Gasteiger partial charge on any atom is -0.493 e. The van der Waals surface area contributed by atoms with Crippen molar-refractivity contribution >= 4 is 17.9 Å². The molecule has 0 radical (unpaired) electrons. The van der Waals surface area contributed by atoms with Crippen LogP contribution in [-0.2, 0) is 20.7 Å². The maximum Gasteiger partial charge on any atom is 0.343 e. The Balaban J connectivity index is 1.49. The molecule has 40 heavy (non-hydrogen) atoms. The van der Waals surface area contributed by atoms with Crippen molar-refractivity contribution in [3.63, 3.8) is 0 Å². The van der Waals surface area contributed by atoms with Crippen LogP contribution in [0.5, 0.6) is 11.5 Å². The summed E-state index contributed by atoms with van der Waals surface area (Å²) in [6, 6.07) is 11.6. The van der Waals surface area contributed by atoms with E-state index in [2.05, 4.69) is 4.98 Å². The molecule has 0 saturated carbocycles.